The maximum atomic E-state index is 12.1. The van der Waals surface area contributed by atoms with Gasteiger partial charge in [0.15, 0.2) is 5.75 Å². The second kappa shape index (κ2) is 3.48. The van der Waals surface area contributed by atoms with Gasteiger partial charge in [0, 0.05) is 18.6 Å². The molecule has 1 aliphatic carbocycles. The smallest absolute Gasteiger partial charge is 0.217 e. The fourth-order valence-corrected chi connectivity index (χ4v) is 1.87. The molecule has 5 heteroatoms. The molecule has 3 rings (SSSR count). The molecular weight excluding hydrogens is 218 g/mol. The zero-order chi connectivity index (χ0) is 11.8. The minimum atomic E-state index is -0.256. The molecule has 0 unspecified atom stereocenters. The highest BCUT2D eigenvalue weighted by Gasteiger charge is 2.16. The summed E-state index contributed by atoms with van der Waals surface area (Å²) >= 11 is 0. The van der Waals surface area contributed by atoms with Gasteiger partial charge in [-0.15, -0.1) is 0 Å². The number of nitrogens with one attached hydrogen (secondary N) is 2. The van der Waals surface area contributed by atoms with Crippen LogP contribution >= 0.6 is 0 Å². The molecule has 0 bridgehead atoms. The second-order valence-electron chi connectivity index (χ2n) is 3.64. The normalized spacial score (nSPS) is 10.8. The fraction of sp³-hybridized carbons (Fsp3) is 0. The molecule has 84 valence electrons. The Morgan fingerprint density at radius 1 is 1.12 bits per heavy atom. The zero-order valence-electron chi connectivity index (χ0n) is 8.77. The van der Waals surface area contributed by atoms with E-state index in [4.69, 9.17) is 0 Å². The number of hydrogen-bond donors (Lipinski definition) is 3. The first-order valence-electron chi connectivity index (χ1n) is 5.11. The molecule has 3 N–H and O–H groups in total. The van der Waals surface area contributed by atoms with Crippen LogP contribution in [0.3, 0.4) is 0 Å². The number of pyridine rings is 1. The van der Waals surface area contributed by atoms with E-state index < -0.39 is 0 Å². The number of nitrogens with zero attached hydrogens (tertiary/aromatic N) is 1. The average Bonchev–Trinajstić information content (AvgIpc) is 2.64. The number of aromatic nitrogens is 3. The van der Waals surface area contributed by atoms with Crippen LogP contribution in [-0.4, -0.2) is 20.1 Å². The summed E-state index contributed by atoms with van der Waals surface area (Å²) in [5.74, 6) is -0.0689. The molecule has 1 aromatic rings. The van der Waals surface area contributed by atoms with Gasteiger partial charge in [-0.2, -0.15) is 0 Å². The molecule has 0 amide bonds. The lowest BCUT2D eigenvalue weighted by atomic mass is 10.2. The second-order valence-corrected chi connectivity index (χ2v) is 3.64. The molecule has 0 atom stereocenters. The third-order valence-corrected chi connectivity index (χ3v) is 2.64. The van der Waals surface area contributed by atoms with Crippen molar-refractivity contribution in [2.24, 2.45) is 0 Å². The van der Waals surface area contributed by atoms with Crippen molar-refractivity contribution in [3.8, 4) is 17.0 Å². The number of hydrogen-bond acceptors (Lipinski definition) is 3. The molecule has 2 heterocycles. The van der Waals surface area contributed by atoms with Gasteiger partial charge in [0.25, 0.3) is 0 Å². The minimum Gasteiger partial charge on any atom is -0.505 e. The van der Waals surface area contributed by atoms with Crippen LogP contribution in [0.15, 0.2) is 41.6 Å². The van der Waals surface area contributed by atoms with Gasteiger partial charge in [0.1, 0.15) is 10.7 Å². The molecule has 17 heavy (non-hydrogen) atoms. The molecule has 2 aliphatic rings. The van der Waals surface area contributed by atoms with Gasteiger partial charge >= 0.3 is 0 Å². The largest absolute Gasteiger partial charge is 0.505 e. The highest BCUT2D eigenvalue weighted by Crippen LogP contribution is 2.25. The molecule has 0 fully saturated rings. The summed E-state index contributed by atoms with van der Waals surface area (Å²) in [6.45, 7) is 0. The van der Waals surface area contributed by atoms with Gasteiger partial charge < -0.3 is 15.1 Å². The van der Waals surface area contributed by atoms with Crippen molar-refractivity contribution in [2.45, 2.75) is 0 Å². The summed E-state index contributed by atoms with van der Waals surface area (Å²) in [5, 5.41) is 10.8. The Hall–Kier alpha value is -2.56. The van der Waals surface area contributed by atoms with Crippen LogP contribution in [0.5, 0.6) is 5.75 Å². The Labute approximate surface area is 95.4 Å². The van der Waals surface area contributed by atoms with Gasteiger partial charge in [-0.25, -0.2) is 0 Å². The Balaban J connectivity index is 2.45. The molecule has 0 aromatic carbocycles. The Morgan fingerprint density at radius 2 is 1.88 bits per heavy atom. The van der Waals surface area contributed by atoms with Crippen molar-refractivity contribution in [3.05, 3.63) is 57.7 Å². The van der Waals surface area contributed by atoms with Gasteiger partial charge in [-0.3, -0.25) is 9.78 Å². The van der Waals surface area contributed by atoms with E-state index in [1.807, 2.05) is 0 Å². The quantitative estimate of drug-likeness (QED) is 0.584. The summed E-state index contributed by atoms with van der Waals surface area (Å²) in [4.78, 5) is 21.8. The summed E-state index contributed by atoms with van der Waals surface area (Å²) in [6.07, 6.45) is 4.80. The van der Waals surface area contributed by atoms with Crippen molar-refractivity contribution >= 4 is 0 Å². The third kappa shape index (κ3) is 1.32. The summed E-state index contributed by atoms with van der Waals surface area (Å²) in [6, 6.07) is 5.22. The number of H-pyrrole nitrogens is 2. The molecular formula is C12H9N3O2. The van der Waals surface area contributed by atoms with E-state index >= 15 is 0 Å². The Kier molecular flexibility index (Phi) is 1.98. The van der Waals surface area contributed by atoms with Crippen LogP contribution in [0.4, 0.5) is 0 Å². The first-order valence-corrected chi connectivity index (χ1v) is 5.11. The lowest BCUT2D eigenvalue weighted by Crippen LogP contribution is -2.03. The van der Waals surface area contributed by atoms with Crippen LogP contribution < -0.4 is 5.43 Å². The molecule has 1 aromatic heterocycles. The van der Waals surface area contributed by atoms with Gasteiger partial charge in [0.2, 0.25) is 5.43 Å². The van der Waals surface area contributed by atoms with E-state index in [0.717, 1.165) is 0 Å². The molecule has 0 saturated heterocycles. The summed E-state index contributed by atoms with van der Waals surface area (Å²) < 4.78 is 0. The van der Waals surface area contributed by atoms with Crippen LogP contribution in [-0.2, 0) is 0 Å². The van der Waals surface area contributed by atoms with E-state index in [1.165, 1.54) is 0 Å². The highest BCUT2D eigenvalue weighted by molar-refractivity contribution is 5.67. The SMILES string of the molecule is O=c1c(-c2ccccn2)c(O)c2[nH]cc[nH]c1=2. The van der Waals surface area contributed by atoms with E-state index in [-0.39, 0.29) is 16.7 Å². The maximum absolute atomic E-state index is 12.1. The van der Waals surface area contributed by atoms with Crippen molar-refractivity contribution < 1.29 is 5.11 Å². The highest BCUT2D eigenvalue weighted by atomic mass is 16.3. The molecule has 1 aliphatic heterocycles. The predicted molar refractivity (Wildman–Crippen MR) is 61.6 cm³/mol. The van der Waals surface area contributed by atoms with Crippen LogP contribution in [0.25, 0.3) is 11.3 Å². The first-order chi connectivity index (χ1) is 8.29. The van der Waals surface area contributed by atoms with Crippen molar-refractivity contribution in [2.75, 3.05) is 0 Å². The van der Waals surface area contributed by atoms with Gasteiger partial charge in [-0.05, 0) is 12.1 Å². The topological polar surface area (TPSA) is 81.8 Å². The van der Waals surface area contributed by atoms with E-state index in [9.17, 15) is 9.90 Å². The predicted octanol–water partition coefficient (Wildman–Crippen LogP) is 1.20. The standard InChI is InChI=1S/C12H9N3O2/c16-11-8(7-3-1-2-4-13-7)12(17)10-9(11)14-5-6-15-10/h1-6,14-16H. The third-order valence-electron chi connectivity index (χ3n) is 2.64. The Morgan fingerprint density at radius 3 is 2.53 bits per heavy atom. The van der Waals surface area contributed by atoms with Gasteiger partial charge in [0.05, 0.1) is 11.3 Å². The first kappa shape index (κ1) is 9.65. The fourth-order valence-electron chi connectivity index (χ4n) is 1.87. The molecule has 5 nitrogen and oxygen atoms in total. The maximum Gasteiger partial charge on any atom is 0.217 e. The lowest BCUT2D eigenvalue weighted by molar-refractivity contribution is 0.472. The van der Waals surface area contributed by atoms with Crippen molar-refractivity contribution in [1.29, 1.82) is 0 Å². The number of rotatable bonds is 1. The number of aromatic amines is 2. The zero-order valence-corrected chi connectivity index (χ0v) is 8.77. The summed E-state index contributed by atoms with van der Waals surface area (Å²) in [7, 11) is 0. The Bertz CT molecular complexity index is 774. The van der Waals surface area contributed by atoms with E-state index in [0.29, 0.717) is 16.4 Å². The van der Waals surface area contributed by atoms with Crippen molar-refractivity contribution in [1.82, 2.24) is 15.0 Å². The molecule has 0 spiro atoms. The van der Waals surface area contributed by atoms with Gasteiger partial charge in [-0.1, -0.05) is 6.07 Å². The molecule has 0 saturated carbocycles. The monoisotopic (exact) mass is 227 g/mol. The number of aromatic hydroxyl groups is 1. The van der Waals surface area contributed by atoms with Crippen LogP contribution in [0.2, 0.25) is 0 Å². The lowest BCUT2D eigenvalue weighted by Gasteiger charge is -1.96. The average molecular weight is 227 g/mol. The van der Waals surface area contributed by atoms with Crippen molar-refractivity contribution in [3.63, 3.8) is 0 Å². The van der Waals surface area contributed by atoms with E-state index in [2.05, 4.69) is 15.0 Å². The molecule has 0 radical (unpaired) electrons. The van der Waals surface area contributed by atoms with E-state index in [1.54, 1.807) is 36.8 Å². The van der Waals surface area contributed by atoms with Crippen LogP contribution in [0, 0.1) is 10.7 Å². The summed E-state index contributed by atoms with van der Waals surface area (Å²) in [5.41, 5.74) is 0.431. The van der Waals surface area contributed by atoms with Crippen LogP contribution in [0.1, 0.15) is 0 Å². The minimum absolute atomic E-state index is 0.0689.